The van der Waals surface area contributed by atoms with Crippen LogP contribution in [-0.2, 0) is 14.3 Å². The monoisotopic (exact) mass is 464 g/mol. The number of aliphatic carboxylic acids is 1. The normalized spacial score (nSPS) is 16.3. The Morgan fingerprint density at radius 3 is 2.06 bits per heavy atom. The number of amides is 2. The van der Waals surface area contributed by atoms with Crippen molar-refractivity contribution in [3.8, 4) is 11.1 Å². The van der Waals surface area contributed by atoms with Crippen LogP contribution in [0.1, 0.15) is 56.6 Å². The molecule has 2 aromatic rings. The Balaban J connectivity index is 1.39. The van der Waals surface area contributed by atoms with Crippen LogP contribution in [0.3, 0.4) is 0 Å². The Kier molecular flexibility index (Phi) is 7.20. The summed E-state index contributed by atoms with van der Waals surface area (Å²) in [4.78, 5) is 37.2. The van der Waals surface area contributed by atoms with Crippen molar-refractivity contribution in [3.05, 3.63) is 59.7 Å². The van der Waals surface area contributed by atoms with Gasteiger partial charge in [0, 0.05) is 5.92 Å². The summed E-state index contributed by atoms with van der Waals surface area (Å²) in [7, 11) is 0. The van der Waals surface area contributed by atoms with E-state index in [-0.39, 0.29) is 18.4 Å². The average molecular weight is 465 g/mol. The van der Waals surface area contributed by atoms with E-state index in [4.69, 9.17) is 4.74 Å². The highest BCUT2D eigenvalue weighted by molar-refractivity contribution is 5.89. The van der Waals surface area contributed by atoms with E-state index in [0.717, 1.165) is 35.1 Å². The van der Waals surface area contributed by atoms with Gasteiger partial charge in [-0.1, -0.05) is 75.2 Å². The van der Waals surface area contributed by atoms with Crippen LogP contribution < -0.4 is 10.6 Å². The zero-order valence-corrected chi connectivity index (χ0v) is 19.6. The predicted molar refractivity (Wildman–Crippen MR) is 128 cm³/mol. The van der Waals surface area contributed by atoms with E-state index < -0.39 is 30.1 Å². The van der Waals surface area contributed by atoms with E-state index in [9.17, 15) is 19.5 Å². The Hall–Kier alpha value is -3.35. The maximum Gasteiger partial charge on any atom is 0.407 e. The summed E-state index contributed by atoms with van der Waals surface area (Å²) in [5.41, 5.74) is 4.49. The molecule has 2 aliphatic rings. The summed E-state index contributed by atoms with van der Waals surface area (Å²) in [6.07, 6.45) is 2.10. The first-order valence-electron chi connectivity index (χ1n) is 12.0. The van der Waals surface area contributed by atoms with Crippen molar-refractivity contribution in [2.45, 2.75) is 57.5 Å². The lowest BCUT2D eigenvalue weighted by Crippen LogP contribution is -2.52. The summed E-state index contributed by atoms with van der Waals surface area (Å²) in [6.45, 7) is 4.03. The molecule has 0 radical (unpaired) electrons. The van der Waals surface area contributed by atoms with Crippen LogP contribution >= 0.6 is 0 Å². The van der Waals surface area contributed by atoms with E-state index >= 15 is 0 Å². The van der Waals surface area contributed by atoms with Crippen molar-refractivity contribution >= 4 is 18.0 Å². The van der Waals surface area contributed by atoms with Gasteiger partial charge in [0.1, 0.15) is 18.7 Å². The molecule has 0 spiro atoms. The summed E-state index contributed by atoms with van der Waals surface area (Å²) in [6, 6.07) is 14.3. The van der Waals surface area contributed by atoms with Crippen molar-refractivity contribution in [2.24, 2.45) is 11.8 Å². The molecule has 7 heteroatoms. The molecule has 1 unspecified atom stereocenters. The van der Waals surface area contributed by atoms with Crippen LogP contribution in [0.4, 0.5) is 4.79 Å². The standard InChI is InChI=1S/C27H32N2O5/c1-16(2)13-23(25(30)28-24(26(31)32)14-17-11-12-17)29-27(33)34-15-22-20-9-5-3-7-18(20)19-8-4-6-10-21(19)22/h3-10,16-17,22-24H,11-15H2,1-2H3,(H,28,30)(H,29,33)(H,31,32)/t23-,24?/m1/s1. The molecule has 0 aromatic heterocycles. The summed E-state index contributed by atoms with van der Waals surface area (Å²) in [5, 5.41) is 14.8. The largest absolute Gasteiger partial charge is 0.480 e. The fourth-order valence-electron chi connectivity index (χ4n) is 4.67. The number of rotatable bonds is 10. The van der Waals surface area contributed by atoms with E-state index in [2.05, 4.69) is 22.8 Å². The smallest absolute Gasteiger partial charge is 0.407 e. The minimum atomic E-state index is -1.05. The van der Waals surface area contributed by atoms with E-state index in [1.807, 2.05) is 50.2 Å². The number of fused-ring (bicyclic) bond motifs is 3. The summed E-state index contributed by atoms with van der Waals surface area (Å²) < 4.78 is 5.58. The summed E-state index contributed by atoms with van der Waals surface area (Å²) in [5.74, 6) is -1.15. The maximum atomic E-state index is 12.9. The van der Waals surface area contributed by atoms with Gasteiger partial charge in [-0.25, -0.2) is 9.59 Å². The number of ether oxygens (including phenoxy) is 1. The zero-order valence-electron chi connectivity index (χ0n) is 19.6. The number of hydrogen-bond donors (Lipinski definition) is 3. The van der Waals surface area contributed by atoms with E-state index in [1.165, 1.54) is 0 Å². The number of alkyl carbamates (subject to hydrolysis) is 1. The third-order valence-electron chi connectivity index (χ3n) is 6.54. The molecule has 0 heterocycles. The second-order valence-electron chi connectivity index (χ2n) is 9.73. The molecule has 0 saturated heterocycles. The van der Waals surface area contributed by atoms with Gasteiger partial charge in [-0.15, -0.1) is 0 Å². The maximum absolute atomic E-state index is 12.9. The zero-order chi connectivity index (χ0) is 24.2. The van der Waals surface area contributed by atoms with E-state index in [0.29, 0.717) is 18.8 Å². The minimum absolute atomic E-state index is 0.0783. The Morgan fingerprint density at radius 1 is 0.941 bits per heavy atom. The van der Waals surface area contributed by atoms with Crippen LogP contribution in [0.2, 0.25) is 0 Å². The Labute approximate surface area is 199 Å². The number of hydrogen-bond acceptors (Lipinski definition) is 4. The Morgan fingerprint density at radius 2 is 1.53 bits per heavy atom. The van der Waals surface area contributed by atoms with Gasteiger partial charge < -0.3 is 20.5 Å². The molecule has 0 bridgehead atoms. The van der Waals surface area contributed by atoms with Gasteiger partial charge >= 0.3 is 12.1 Å². The first-order chi connectivity index (χ1) is 16.3. The quantitative estimate of drug-likeness (QED) is 0.486. The number of carbonyl (C=O) groups excluding carboxylic acids is 2. The number of carbonyl (C=O) groups is 3. The lowest BCUT2D eigenvalue weighted by Gasteiger charge is -2.23. The van der Waals surface area contributed by atoms with Crippen LogP contribution in [0.25, 0.3) is 11.1 Å². The molecule has 3 N–H and O–H groups in total. The molecule has 1 saturated carbocycles. The lowest BCUT2D eigenvalue weighted by atomic mass is 9.98. The van der Waals surface area contributed by atoms with Gasteiger partial charge in [-0.2, -0.15) is 0 Å². The first-order valence-corrected chi connectivity index (χ1v) is 12.0. The van der Waals surface area contributed by atoms with Gasteiger partial charge in [0.2, 0.25) is 5.91 Å². The van der Waals surface area contributed by atoms with Gasteiger partial charge in [0.15, 0.2) is 0 Å². The number of carboxylic acid groups (broad SMARTS) is 1. The second kappa shape index (κ2) is 10.3. The topological polar surface area (TPSA) is 105 Å². The van der Waals surface area contributed by atoms with Crippen molar-refractivity contribution in [1.29, 1.82) is 0 Å². The molecule has 7 nitrogen and oxygen atoms in total. The fourth-order valence-corrected chi connectivity index (χ4v) is 4.67. The van der Waals surface area contributed by atoms with Crippen molar-refractivity contribution in [2.75, 3.05) is 6.61 Å². The number of carboxylic acids is 1. The highest BCUT2D eigenvalue weighted by Gasteiger charge is 2.33. The lowest BCUT2D eigenvalue weighted by molar-refractivity contribution is -0.142. The number of nitrogens with one attached hydrogen (secondary N) is 2. The van der Waals surface area contributed by atoms with Crippen molar-refractivity contribution < 1.29 is 24.2 Å². The molecule has 2 aliphatic carbocycles. The molecular formula is C27H32N2O5. The molecule has 2 atom stereocenters. The van der Waals surface area contributed by atoms with Gasteiger partial charge in [0.05, 0.1) is 0 Å². The SMILES string of the molecule is CC(C)C[C@@H](NC(=O)OCC1c2ccccc2-c2ccccc21)C(=O)NC(CC1CC1)C(=O)O. The highest BCUT2D eigenvalue weighted by atomic mass is 16.5. The molecule has 4 rings (SSSR count). The van der Waals surface area contributed by atoms with E-state index in [1.54, 1.807) is 0 Å². The second-order valence-corrected chi connectivity index (χ2v) is 9.73. The molecule has 34 heavy (non-hydrogen) atoms. The fraction of sp³-hybridized carbons (Fsp3) is 0.444. The molecule has 1 fully saturated rings. The van der Waals surface area contributed by atoms with Gasteiger partial charge in [-0.3, -0.25) is 4.79 Å². The molecule has 2 amide bonds. The predicted octanol–water partition coefficient (Wildman–Crippen LogP) is 4.31. The van der Waals surface area contributed by atoms with Crippen LogP contribution in [0.5, 0.6) is 0 Å². The third kappa shape index (κ3) is 5.58. The van der Waals surface area contributed by atoms with Gasteiger partial charge in [0.25, 0.3) is 0 Å². The Bertz CT molecular complexity index is 1020. The molecule has 2 aromatic carbocycles. The third-order valence-corrected chi connectivity index (χ3v) is 6.54. The van der Waals surface area contributed by atoms with Crippen molar-refractivity contribution in [1.82, 2.24) is 10.6 Å². The van der Waals surface area contributed by atoms with Gasteiger partial charge in [-0.05, 0) is 46.9 Å². The molecule has 180 valence electrons. The van der Waals surface area contributed by atoms with Crippen molar-refractivity contribution in [3.63, 3.8) is 0 Å². The highest BCUT2D eigenvalue weighted by Crippen LogP contribution is 2.44. The molecule has 0 aliphatic heterocycles. The average Bonchev–Trinajstić information content (AvgIpc) is 3.57. The van der Waals surface area contributed by atoms with Crippen LogP contribution in [-0.4, -0.2) is 41.8 Å². The first kappa shape index (κ1) is 23.8. The van der Waals surface area contributed by atoms with Crippen LogP contribution in [0.15, 0.2) is 48.5 Å². The number of benzene rings is 2. The molecular weight excluding hydrogens is 432 g/mol. The minimum Gasteiger partial charge on any atom is -0.480 e. The summed E-state index contributed by atoms with van der Waals surface area (Å²) >= 11 is 0. The van der Waals surface area contributed by atoms with Crippen LogP contribution in [0, 0.1) is 11.8 Å².